The highest BCUT2D eigenvalue weighted by Crippen LogP contribution is 2.51. The Hall–Kier alpha value is -1.57. The lowest BCUT2D eigenvalue weighted by Crippen LogP contribution is -2.09. The number of anilines is 1. The lowest BCUT2D eigenvalue weighted by atomic mass is 10.1. The molecule has 1 unspecified atom stereocenters. The number of rotatable bonds is 3. The Kier molecular flexibility index (Phi) is 2.54. The normalized spacial score (nSPS) is 20.9. The van der Waals surface area contributed by atoms with Gasteiger partial charge in [0, 0.05) is 11.9 Å². The predicted octanol–water partition coefficient (Wildman–Crippen LogP) is 4.00. The van der Waals surface area contributed by atoms with Gasteiger partial charge in [0.15, 0.2) is 0 Å². The first-order chi connectivity index (χ1) is 8.56. The molecule has 1 fully saturated rings. The van der Waals surface area contributed by atoms with Crippen molar-refractivity contribution in [3.8, 4) is 0 Å². The van der Waals surface area contributed by atoms with Crippen molar-refractivity contribution in [2.75, 3.05) is 11.9 Å². The molecule has 0 amide bonds. The number of pyridine rings is 1. The van der Waals surface area contributed by atoms with Gasteiger partial charge >= 0.3 is 0 Å². The van der Waals surface area contributed by atoms with Crippen LogP contribution >= 0.6 is 0 Å². The van der Waals surface area contributed by atoms with E-state index in [-0.39, 0.29) is 0 Å². The quantitative estimate of drug-likeness (QED) is 0.877. The van der Waals surface area contributed by atoms with E-state index in [0.29, 0.717) is 5.41 Å². The van der Waals surface area contributed by atoms with Crippen LogP contribution in [0.5, 0.6) is 0 Å². The molecule has 0 aliphatic heterocycles. The number of benzene rings is 1. The standard InChI is InChI=1S/C16H20N2/c1-11-8-12-6-4-5-7-14(12)18-15(11)17-10-13-9-16(13,2)3/h4-8,13H,9-10H2,1-3H3,(H,17,18). The third-order valence-electron chi connectivity index (χ3n) is 4.15. The molecule has 2 aromatic rings. The van der Waals surface area contributed by atoms with Crippen LogP contribution < -0.4 is 5.32 Å². The number of nitrogens with one attached hydrogen (secondary N) is 1. The fraction of sp³-hybridized carbons (Fsp3) is 0.438. The third kappa shape index (κ3) is 2.07. The Morgan fingerprint density at radius 1 is 1.33 bits per heavy atom. The molecule has 0 bridgehead atoms. The second kappa shape index (κ2) is 3.98. The van der Waals surface area contributed by atoms with Crippen molar-refractivity contribution in [1.29, 1.82) is 0 Å². The minimum absolute atomic E-state index is 0.526. The molecule has 0 spiro atoms. The van der Waals surface area contributed by atoms with Gasteiger partial charge in [-0.25, -0.2) is 4.98 Å². The van der Waals surface area contributed by atoms with E-state index in [0.717, 1.165) is 23.8 Å². The molecule has 18 heavy (non-hydrogen) atoms. The van der Waals surface area contributed by atoms with E-state index in [2.05, 4.69) is 50.4 Å². The summed E-state index contributed by atoms with van der Waals surface area (Å²) in [6, 6.07) is 10.5. The predicted molar refractivity (Wildman–Crippen MR) is 76.9 cm³/mol. The Morgan fingerprint density at radius 2 is 2.06 bits per heavy atom. The second-order valence-corrected chi connectivity index (χ2v) is 6.12. The molecular weight excluding hydrogens is 220 g/mol. The van der Waals surface area contributed by atoms with Crippen LogP contribution in [0.25, 0.3) is 10.9 Å². The lowest BCUT2D eigenvalue weighted by Gasteiger charge is -2.10. The second-order valence-electron chi connectivity index (χ2n) is 6.12. The number of hydrogen-bond donors (Lipinski definition) is 1. The lowest BCUT2D eigenvalue weighted by molar-refractivity contribution is 0.573. The van der Waals surface area contributed by atoms with E-state index in [4.69, 9.17) is 4.98 Å². The summed E-state index contributed by atoms with van der Waals surface area (Å²) in [6.45, 7) is 7.83. The third-order valence-corrected chi connectivity index (χ3v) is 4.15. The van der Waals surface area contributed by atoms with Gasteiger partial charge in [0.2, 0.25) is 0 Å². The molecular formula is C16H20N2. The van der Waals surface area contributed by atoms with E-state index in [1.54, 1.807) is 0 Å². The molecule has 94 valence electrons. The fourth-order valence-corrected chi connectivity index (χ4v) is 2.55. The molecule has 3 rings (SSSR count). The van der Waals surface area contributed by atoms with Crippen LogP contribution in [0.15, 0.2) is 30.3 Å². The van der Waals surface area contributed by atoms with Crippen molar-refractivity contribution >= 4 is 16.7 Å². The Morgan fingerprint density at radius 3 is 2.78 bits per heavy atom. The van der Waals surface area contributed by atoms with Crippen LogP contribution in [0.4, 0.5) is 5.82 Å². The number of para-hydroxylation sites is 1. The molecule has 0 radical (unpaired) electrons. The van der Waals surface area contributed by atoms with Crippen LogP contribution in [0.1, 0.15) is 25.8 Å². The average Bonchev–Trinajstić information content (AvgIpc) is 2.94. The molecule has 0 saturated heterocycles. The number of fused-ring (bicyclic) bond motifs is 1. The van der Waals surface area contributed by atoms with Gasteiger partial charge < -0.3 is 5.32 Å². The van der Waals surface area contributed by atoms with E-state index in [1.165, 1.54) is 17.4 Å². The van der Waals surface area contributed by atoms with Crippen LogP contribution in [0.2, 0.25) is 0 Å². The summed E-state index contributed by atoms with van der Waals surface area (Å²) >= 11 is 0. The number of nitrogens with zero attached hydrogens (tertiary/aromatic N) is 1. The van der Waals surface area contributed by atoms with Gasteiger partial charge in [-0.05, 0) is 42.4 Å². The summed E-state index contributed by atoms with van der Waals surface area (Å²) in [7, 11) is 0. The molecule has 1 N–H and O–H groups in total. The molecule has 2 heteroatoms. The van der Waals surface area contributed by atoms with Crippen molar-refractivity contribution in [1.82, 2.24) is 4.98 Å². The molecule has 1 heterocycles. The minimum atomic E-state index is 0.526. The Labute approximate surface area is 108 Å². The Balaban J connectivity index is 1.81. The Bertz CT molecular complexity index is 587. The average molecular weight is 240 g/mol. The van der Waals surface area contributed by atoms with E-state index < -0.39 is 0 Å². The topological polar surface area (TPSA) is 24.9 Å². The summed E-state index contributed by atoms with van der Waals surface area (Å²) in [5.41, 5.74) is 2.82. The number of aromatic nitrogens is 1. The van der Waals surface area contributed by atoms with Crippen molar-refractivity contribution in [3.05, 3.63) is 35.9 Å². The molecule has 1 aromatic heterocycles. The molecule has 2 nitrogen and oxygen atoms in total. The first-order valence-corrected chi connectivity index (χ1v) is 6.66. The summed E-state index contributed by atoms with van der Waals surface area (Å²) in [5.74, 6) is 1.83. The van der Waals surface area contributed by atoms with Crippen LogP contribution in [-0.2, 0) is 0 Å². The summed E-state index contributed by atoms with van der Waals surface area (Å²) in [4.78, 5) is 4.71. The highest BCUT2D eigenvalue weighted by molar-refractivity contribution is 5.81. The zero-order chi connectivity index (χ0) is 12.8. The van der Waals surface area contributed by atoms with Gasteiger partial charge in [-0.15, -0.1) is 0 Å². The molecule has 1 aliphatic carbocycles. The van der Waals surface area contributed by atoms with Gasteiger partial charge in [0.05, 0.1) is 5.52 Å². The molecule has 1 atom stereocenters. The van der Waals surface area contributed by atoms with Crippen molar-refractivity contribution in [3.63, 3.8) is 0 Å². The zero-order valence-electron chi connectivity index (χ0n) is 11.3. The summed E-state index contributed by atoms with van der Waals surface area (Å²) in [5, 5.41) is 4.73. The monoisotopic (exact) mass is 240 g/mol. The van der Waals surface area contributed by atoms with Crippen LogP contribution in [-0.4, -0.2) is 11.5 Å². The maximum absolute atomic E-state index is 4.71. The fourth-order valence-electron chi connectivity index (χ4n) is 2.55. The summed E-state index contributed by atoms with van der Waals surface area (Å²) in [6.07, 6.45) is 1.33. The van der Waals surface area contributed by atoms with Crippen LogP contribution in [0, 0.1) is 18.3 Å². The number of aryl methyl sites for hydroxylation is 1. The van der Waals surface area contributed by atoms with E-state index in [9.17, 15) is 0 Å². The van der Waals surface area contributed by atoms with Gasteiger partial charge in [-0.3, -0.25) is 0 Å². The minimum Gasteiger partial charge on any atom is -0.370 e. The molecule has 1 saturated carbocycles. The SMILES string of the molecule is Cc1cc2ccccc2nc1NCC1CC1(C)C. The zero-order valence-corrected chi connectivity index (χ0v) is 11.3. The first-order valence-electron chi connectivity index (χ1n) is 6.66. The van der Waals surface area contributed by atoms with E-state index in [1.807, 2.05) is 6.07 Å². The van der Waals surface area contributed by atoms with Gasteiger partial charge in [0.1, 0.15) is 5.82 Å². The van der Waals surface area contributed by atoms with Gasteiger partial charge in [0.25, 0.3) is 0 Å². The maximum atomic E-state index is 4.71. The summed E-state index contributed by atoms with van der Waals surface area (Å²) < 4.78 is 0. The molecule has 1 aromatic carbocycles. The van der Waals surface area contributed by atoms with Crippen molar-refractivity contribution < 1.29 is 0 Å². The largest absolute Gasteiger partial charge is 0.370 e. The number of hydrogen-bond acceptors (Lipinski definition) is 2. The smallest absolute Gasteiger partial charge is 0.129 e. The highest BCUT2D eigenvalue weighted by atomic mass is 15.0. The van der Waals surface area contributed by atoms with Gasteiger partial charge in [-0.1, -0.05) is 32.0 Å². The first kappa shape index (κ1) is 11.5. The van der Waals surface area contributed by atoms with Gasteiger partial charge in [-0.2, -0.15) is 0 Å². The van der Waals surface area contributed by atoms with Crippen LogP contribution in [0.3, 0.4) is 0 Å². The molecule has 1 aliphatic rings. The van der Waals surface area contributed by atoms with Crippen molar-refractivity contribution in [2.24, 2.45) is 11.3 Å². The van der Waals surface area contributed by atoms with E-state index >= 15 is 0 Å². The highest BCUT2D eigenvalue weighted by Gasteiger charge is 2.45. The maximum Gasteiger partial charge on any atom is 0.129 e. The van der Waals surface area contributed by atoms with Crippen molar-refractivity contribution in [2.45, 2.75) is 27.2 Å².